The van der Waals surface area contributed by atoms with Gasteiger partial charge >= 0.3 is 0 Å². The zero-order valence-corrected chi connectivity index (χ0v) is 21.0. The van der Waals surface area contributed by atoms with Gasteiger partial charge in [0, 0.05) is 36.8 Å². The second-order valence-electron chi connectivity index (χ2n) is 8.22. The highest BCUT2D eigenvalue weighted by atomic mass is 35.5. The van der Waals surface area contributed by atoms with Crippen LogP contribution in [-0.4, -0.2) is 71.0 Å². The van der Waals surface area contributed by atoms with Crippen LogP contribution in [0.1, 0.15) is 0 Å². The largest absolute Gasteiger partial charge is 0.382 e. The zero-order chi connectivity index (χ0) is 25.8. The second kappa shape index (κ2) is 11.1. The van der Waals surface area contributed by atoms with E-state index in [2.05, 4.69) is 15.6 Å². The van der Waals surface area contributed by atoms with Crippen LogP contribution in [-0.2, 0) is 4.79 Å². The number of rotatable bonds is 8. The molecule has 0 unspecified atom stereocenters. The maximum absolute atomic E-state index is 12.8. The fourth-order valence-electron chi connectivity index (χ4n) is 3.81. The third kappa shape index (κ3) is 5.89. The number of carbonyl (C=O) groups is 1. The van der Waals surface area contributed by atoms with E-state index in [9.17, 15) is 4.79 Å². The lowest BCUT2D eigenvalue weighted by Gasteiger charge is -2.33. The average Bonchev–Trinajstić information content (AvgIpc) is 2.82. The number of benzene rings is 1. The summed E-state index contributed by atoms with van der Waals surface area (Å²) in [6.07, 6.45) is 0. The molecule has 1 aliphatic rings. The van der Waals surface area contributed by atoms with Gasteiger partial charge in [-0.2, -0.15) is 0 Å². The molecule has 1 aromatic carbocycles. The minimum atomic E-state index is -0.0801. The van der Waals surface area contributed by atoms with Gasteiger partial charge in [0.2, 0.25) is 5.91 Å². The number of aromatic nitrogens is 2. The summed E-state index contributed by atoms with van der Waals surface area (Å²) in [5.74, 6) is 1.04. The number of nitrogens with one attached hydrogen (secondary N) is 2. The van der Waals surface area contributed by atoms with E-state index in [1.54, 1.807) is 29.2 Å². The number of carbonyl (C=O) groups excluding carboxylic acids is 1. The molecule has 36 heavy (non-hydrogen) atoms. The van der Waals surface area contributed by atoms with Crippen molar-refractivity contribution in [2.24, 2.45) is 0 Å². The highest BCUT2D eigenvalue weighted by Crippen LogP contribution is 2.36. The Bertz CT molecular complexity index is 1260. The molecule has 1 amide bonds. The van der Waals surface area contributed by atoms with Crippen molar-refractivity contribution in [2.45, 2.75) is 0 Å². The standard InChI is InChI=1S/C23H26Cl2N8O3/c1-31-10-11-32(21(34)13-31)17-4-6-19(29-22(17)15-3-2-14(24)12-16(15)25)27-8-9-28-20-7-5-18(33(35)36)23(26)30-20/h2-7,12,35-36H,8-11,13H2,1H3,(H,27,29)(H3,26,28,30). The first kappa shape index (κ1) is 25.7. The Kier molecular flexibility index (Phi) is 7.97. The molecule has 13 heteroatoms. The number of halogens is 2. The first-order valence-electron chi connectivity index (χ1n) is 11.1. The molecule has 190 valence electrons. The van der Waals surface area contributed by atoms with E-state index in [1.807, 2.05) is 24.1 Å². The predicted octanol–water partition coefficient (Wildman–Crippen LogP) is 3.42. The first-order chi connectivity index (χ1) is 17.2. The number of piperazine rings is 1. The van der Waals surface area contributed by atoms with Crippen LogP contribution >= 0.6 is 23.2 Å². The summed E-state index contributed by atoms with van der Waals surface area (Å²) in [5.41, 5.74) is 7.63. The van der Waals surface area contributed by atoms with Crippen molar-refractivity contribution in [1.29, 1.82) is 0 Å². The Morgan fingerprint density at radius 1 is 1.03 bits per heavy atom. The Labute approximate surface area is 218 Å². The van der Waals surface area contributed by atoms with Crippen LogP contribution in [0.5, 0.6) is 0 Å². The molecule has 6 N–H and O–H groups in total. The van der Waals surface area contributed by atoms with E-state index in [0.29, 0.717) is 64.8 Å². The molecular formula is C23H26Cl2N8O3. The van der Waals surface area contributed by atoms with Gasteiger partial charge in [-0.1, -0.05) is 23.2 Å². The minimum absolute atomic E-state index is 0.00916. The molecule has 11 nitrogen and oxygen atoms in total. The number of nitrogens with two attached hydrogens (primary N) is 1. The normalized spacial score (nSPS) is 14.1. The molecule has 0 aliphatic carbocycles. The van der Waals surface area contributed by atoms with Gasteiger partial charge in [-0.15, -0.1) is 5.23 Å². The predicted molar refractivity (Wildman–Crippen MR) is 141 cm³/mol. The number of amides is 1. The van der Waals surface area contributed by atoms with Crippen LogP contribution in [0.2, 0.25) is 10.0 Å². The van der Waals surface area contributed by atoms with E-state index < -0.39 is 0 Å². The lowest BCUT2D eigenvalue weighted by atomic mass is 10.1. The SMILES string of the molecule is CN1CCN(c2ccc(NCCNc3ccc(N(O)O)c(N)n3)nc2-c2ccc(Cl)cc2Cl)C(=O)C1. The van der Waals surface area contributed by atoms with Crippen molar-refractivity contribution in [1.82, 2.24) is 14.9 Å². The van der Waals surface area contributed by atoms with Crippen molar-refractivity contribution < 1.29 is 15.2 Å². The molecule has 3 heterocycles. The number of hydrogen-bond donors (Lipinski definition) is 5. The summed E-state index contributed by atoms with van der Waals surface area (Å²) in [4.78, 5) is 25.3. The molecule has 0 radical (unpaired) electrons. The van der Waals surface area contributed by atoms with Gasteiger partial charge in [0.1, 0.15) is 17.3 Å². The molecule has 3 aromatic rings. The van der Waals surface area contributed by atoms with Crippen molar-refractivity contribution in [2.75, 3.05) is 66.3 Å². The van der Waals surface area contributed by atoms with Crippen molar-refractivity contribution in [3.63, 3.8) is 0 Å². The third-order valence-corrected chi connectivity index (χ3v) is 6.17. The smallest absolute Gasteiger partial charge is 0.241 e. The minimum Gasteiger partial charge on any atom is -0.382 e. The highest BCUT2D eigenvalue weighted by molar-refractivity contribution is 6.36. The molecule has 0 bridgehead atoms. The number of hydrogen-bond acceptors (Lipinski definition) is 10. The fraction of sp³-hybridized carbons (Fsp3) is 0.261. The summed E-state index contributed by atoms with van der Waals surface area (Å²) in [5, 5.41) is 25.4. The molecule has 1 aliphatic heterocycles. The zero-order valence-electron chi connectivity index (χ0n) is 19.4. The quantitative estimate of drug-likeness (QED) is 0.216. The van der Waals surface area contributed by atoms with Gasteiger partial charge in [0.05, 0.1) is 22.9 Å². The molecule has 1 saturated heterocycles. The van der Waals surface area contributed by atoms with E-state index in [4.69, 9.17) is 44.3 Å². The molecule has 4 rings (SSSR count). The Hall–Kier alpha value is -3.35. The monoisotopic (exact) mass is 532 g/mol. The molecule has 2 aromatic heterocycles. The van der Waals surface area contributed by atoms with Gasteiger partial charge in [-0.25, -0.2) is 9.97 Å². The van der Waals surface area contributed by atoms with Crippen LogP contribution < -0.4 is 26.5 Å². The maximum atomic E-state index is 12.8. The van der Waals surface area contributed by atoms with Gasteiger partial charge in [0.25, 0.3) is 0 Å². The number of anilines is 5. The summed E-state index contributed by atoms with van der Waals surface area (Å²) in [6, 6.07) is 11.9. The summed E-state index contributed by atoms with van der Waals surface area (Å²) in [7, 11) is 1.91. The van der Waals surface area contributed by atoms with E-state index in [0.717, 1.165) is 6.54 Å². The van der Waals surface area contributed by atoms with Crippen LogP contribution in [0.15, 0.2) is 42.5 Å². The van der Waals surface area contributed by atoms with Crippen LogP contribution in [0, 0.1) is 0 Å². The van der Waals surface area contributed by atoms with Crippen molar-refractivity contribution in [3.8, 4) is 11.3 Å². The Morgan fingerprint density at radius 3 is 2.36 bits per heavy atom. The molecule has 0 spiro atoms. The van der Waals surface area contributed by atoms with Crippen LogP contribution in [0.25, 0.3) is 11.3 Å². The summed E-state index contributed by atoms with van der Waals surface area (Å²) >= 11 is 12.6. The van der Waals surface area contributed by atoms with Gasteiger partial charge in [0.15, 0.2) is 5.82 Å². The Balaban J connectivity index is 1.51. The maximum Gasteiger partial charge on any atom is 0.241 e. The average molecular weight is 533 g/mol. The fourth-order valence-corrected chi connectivity index (χ4v) is 4.31. The van der Waals surface area contributed by atoms with Crippen LogP contribution in [0.4, 0.5) is 28.8 Å². The summed E-state index contributed by atoms with van der Waals surface area (Å²) < 4.78 is 0. The van der Waals surface area contributed by atoms with Gasteiger partial charge in [-0.05, 0) is 49.5 Å². The van der Waals surface area contributed by atoms with Crippen LogP contribution in [0.3, 0.4) is 0 Å². The lowest BCUT2D eigenvalue weighted by molar-refractivity contribution is -0.120. The molecule has 0 saturated carbocycles. The Morgan fingerprint density at radius 2 is 1.72 bits per heavy atom. The number of likely N-dealkylation sites (N-methyl/N-ethyl adjacent to an activating group) is 1. The first-order valence-corrected chi connectivity index (χ1v) is 11.9. The van der Waals surface area contributed by atoms with E-state index in [-0.39, 0.29) is 22.6 Å². The molecule has 1 fully saturated rings. The van der Waals surface area contributed by atoms with Crippen molar-refractivity contribution in [3.05, 3.63) is 52.5 Å². The third-order valence-electron chi connectivity index (χ3n) is 5.62. The molecular weight excluding hydrogens is 507 g/mol. The number of nitrogens with zero attached hydrogens (tertiary/aromatic N) is 5. The van der Waals surface area contributed by atoms with E-state index in [1.165, 1.54) is 6.07 Å². The number of pyridine rings is 2. The number of nitrogen functional groups attached to an aromatic ring is 1. The highest BCUT2D eigenvalue weighted by Gasteiger charge is 2.26. The topological polar surface area (TPSA) is 143 Å². The van der Waals surface area contributed by atoms with E-state index >= 15 is 0 Å². The lowest BCUT2D eigenvalue weighted by Crippen LogP contribution is -2.49. The van der Waals surface area contributed by atoms with Gasteiger partial charge < -0.3 is 21.3 Å². The van der Waals surface area contributed by atoms with Crippen molar-refractivity contribution >= 4 is 57.9 Å². The molecule has 0 atom stereocenters. The summed E-state index contributed by atoms with van der Waals surface area (Å²) in [6.45, 7) is 2.59. The second-order valence-corrected chi connectivity index (χ2v) is 9.06. The van der Waals surface area contributed by atoms with Gasteiger partial charge in [-0.3, -0.25) is 20.1 Å².